The van der Waals surface area contributed by atoms with Crippen LogP contribution >= 0.6 is 15.9 Å². The Balaban J connectivity index is 2.05. The van der Waals surface area contributed by atoms with Crippen LogP contribution in [0.1, 0.15) is 11.1 Å². The Kier molecular flexibility index (Phi) is 3.56. The maximum Gasteiger partial charge on any atom is 0.0659 e. The molecule has 78 valence electrons. The lowest BCUT2D eigenvalue weighted by Gasteiger charge is -2.00. The Hall–Kier alpha value is -1.09. The van der Waals surface area contributed by atoms with Crippen LogP contribution in [0.4, 0.5) is 0 Å². The average Bonchev–Trinajstić information content (AvgIpc) is 2.68. The van der Waals surface area contributed by atoms with Crippen LogP contribution in [0.5, 0.6) is 0 Å². The molecule has 1 heterocycles. The summed E-state index contributed by atoms with van der Waals surface area (Å²) < 4.78 is 1.98. The number of alkyl halides is 1. The first-order valence-electron chi connectivity index (χ1n) is 5.00. The maximum absolute atomic E-state index is 4.33. The monoisotopic (exact) mass is 264 g/mol. The summed E-state index contributed by atoms with van der Waals surface area (Å²) in [6.07, 6.45) is 5.08. The van der Waals surface area contributed by atoms with Gasteiger partial charge in [0.1, 0.15) is 0 Å². The van der Waals surface area contributed by atoms with Gasteiger partial charge in [-0.25, -0.2) is 0 Å². The predicted molar refractivity (Wildman–Crippen MR) is 65.3 cm³/mol. The van der Waals surface area contributed by atoms with E-state index in [1.54, 1.807) is 0 Å². The van der Waals surface area contributed by atoms with E-state index in [-0.39, 0.29) is 0 Å². The van der Waals surface area contributed by atoms with Crippen LogP contribution in [-0.4, -0.2) is 15.1 Å². The summed E-state index contributed by atoms with van der Waals surface area (Å²) in [6, 6.07) is 10.4. The highest BCUT2D eigenvalue weighted by atomic mass is 79.9. The lowest BCUT2D eigenvalue weighted by molar-refractivity contribution is 0.686. The molecule has 0 radical (unpaired) electrons. The molecule has 0 fully saturated rings. The summed E-state index contributed by atoms with van der Waals surface area (Å²) in [5, 5.41) is 5.32. The Morgan fingerprint density at radius 1 is 1.13 bits per heavy atom. The molecule has 0 aliphatic rings. The van der Waals surface area contributed by atoms with Crippen LogP contribution in [0.15, 0.2) is 42.7 Å². The molecule has 0 amide bonds. The molecule has 2 rings (SSSR count). The van der Waals surface area contributed by atoms with Crippen molar-refractivity contribution >= 4 is 15.9 Å². The molecule has 0 saturated carbocycles. The molecule has 1 aromatic heterocycles. The Morgan fingerprint density at radius 3 is 2.67 bits per heavy atom. The van der Waals surface area contributed by atoms with Crippen molar-refractivity contribution in [1.82, 2.24) is 9.78 Å². The van der Waals surface area contributed by atoms with Crippen molar-refractivity contribution in [3.05, 3.63) is 53.9 Å². The first kappa shape index (κ1) is 10.4. The third-order valence-corrected chi connectivity index (χ3v) is 2.65. The van der Waals surface area contributed by atoms with Crippen LogP contribution in [-0.2, 0) is 13.0 Å². The number of aromatic nitrogens is 2. The van der Waals surface area contributed by atoms with E-state index in [9.17, 15) is 0 Å². The first-order valence-corrected chi connectivity index (χ1v) is 6.12. The lowest BCUT2D eigenvalue weighted by Crippen LogP contribution is -1.99. The molecule has 0 unspecified atom stereocenters. The van der Waals surface area contributed by atoms with E-state index in [1.807, 2.05) is 16.9 Å². The molecule has 2 nitrogen and oxygen atoms in total. The van der Waals surface area contributed by atoms with Gasteiger partial charge in [-0.3, -0.25) is 4.68 Å². The lowest BCUT2D eigenvalue weighted by atomic mass is 10.2. The summed E-state index contributed by atoms with van der Waals surface area (Å²) in [5.41, 5.74) is 2.56. The molecule has 0 bridgehead atoms. The van der Waals surface area contributed by atoms with Gasteiger partial charge < -0.3 is 0 Å². The number of benzene rings is 1. The van der Waals surface area contributed by atoms with Crippen molar-refractivity contribution in [2.24, 2.45) is 0 Å². The topological polar surface area (TPSA) is 17.8 Å². The fourth-order valence-electron chi connectivity index (χ4n) is 1.50. The number of hydrogen-bond donors (Lipinski definition) is 0. The van der Waals surface area contributed by atoms with Crippen molar-refractivity contribution in [1.29, 1.82) is 0 Å². The second-order valence-electron chi connectivity index (χ2n) is 3.47. The minimum atomic E-state index is 0.850. The Morgan fingerprint density at radius 2 is 1.93 bits per heavy atom. The fraction of sp³-hybridized carbons (Fsp3) is 0.250. The normalized spacial score (nSPS) is 10.5. The van der Waals surface area contributed by atoms with Gasteiger partial charge in [0.05, 0.1) is 12.7 Å². The molecular weight excluding hydrogens is 252 g/mol. The van der Waals surface area contributed by atoms with Crippen molar-refractivity contribution in [3.8, 4) is 0 Å². The van der Waals surface area contributed by atoms with E-state index in [0.717, 1.165) is 18.3 Å². The molecule has 0 atom stereocenters. The number of aryl methyl sites for hydroxylation is 1. The van der Waals surface area contributed by atoms with E-state index in [0.29, 0.717) is 0 Å². The molecular formula is C12H13BrN2. The van der Waals surface area contributed by atoms with Crippen LogP contribution in [0.3, 0.4) is 0 Å². The molecule has 0 aliphatic carbocycles. The number of hydrogen-bond acceptors (Lipinski definition) is 1. The SMILES string of the molecule is BrCCc1cnn(Cc2ccccc2)c1. The molecule has 0 saturated heterocycles. The van der Waals surface area contributed by atoms with Gasteiger partial charge in [0.15, 0.2) is 0 Å². The van der Waals surface area contributed by atoms with E-state index in [1.165, 1.54) is 11.1 Å². The largest absolute Gasteiger partial charge is 0.268 e. The van der Waals surface area contributed by atoms with E-state index < -0.39 is 0 Å². The van der Waals surface area contributed by atoms with Gasteiger partial charge in [0.25, 0.3) is 0 Å². The summed E-state index contributed by atoms with van der Waals surface area (Å²) in [4.78, 5) is 0. The highest BCUT2D eigenvalue weighted by Crippen LogP contribution is 2.05. The number of halogens is 1. The quantitative estimate of drug-likeness (QED) is 0.777. The minimum absolute atomic E-state index is 0.850. The van der Waals surface area contributed by atoms with Gasteiger partial charge in [0.2, 0.25) is 0 Å². The molecule has 0 aliphatic heterocycles. The van der Waals surface area contributed by atoms with E-state index in [4.69, 9.17) is 0 Å². The third kappa shape index (κ3) is 2.93. The highest BCUT2D eigenvalue weighted by Gasteiger charge is 1.98. The van der Waals surface area contributed by atoms with Crippen molar-refractivity contribution in [2.45, 2.75) is 13.0 Å². The summed E-state index contributed by atoms with van der Waals surface area (Å²) in [7, 11) is 0. The summed E-state index contributed by atoms with van der Waals surface area (Å²) in [6.45, 7) is 0.850. The summed E-state index contributed by atoms with van der Waals surface area (Å²) in [5.74, 6) is 0. The van der Waals surface area contributed by atoms with Crippen molar-refractivity contribution < 1.29 is 0 Å². The summed E-state index contributed by atoms with van der Waals surface area (Å²) >= 11 is 3.43. The molecule has 0 N–H and O–H groups in total. The Bertz CT molecular complexity index is 409. The molecule has 2 aromatic rings. The average molecular weight is 265 g/mol. The van der Waals surface area contributed by atoms with E-state index >= 15 is 0 Å². The second-order valence-corrected chi connectivity index (χ2v) is 4.26. The third-order valence-electron chi connectivity index (χ3n) is 2.26. The Labute approximate surface area is 98.1 Å². The highest BCUT2D eigenvalue weighted by molar-refractivity contribution is 9.09. The number of nitrogens with zero attached hydrogens (tertiary/aromatic N) is 2. The van der Waals surface area contributed by atoms with Crippen molar-refractivity contribution in [2.75, 3.05) is 5.33 Å². The zero-order valence-corrected chi connectivity index (χ0v) is 10.0. The molecule has 15 heavy (non-hydrogen) atoms. The van der Waals surface area contributed by atoms with Gasteiger partial charge in [0, 0.05) is 11.5 Å². The standard InChI is InChI=1S/C12H13BrN2/c13-7-6-12-8-14-15(10-12)9-11-4-2-1-3-5-11/h1-5,8,10H,6-7,9H2. The number of rotatable bonds is 4. The minimum Gasteiger partial charge on any atom is -0.268 e. The fourth-order valence-corrected chi connectivity index (χ4v) is 1.96. The van der Waals surface area contributed by atoms with Crippen LogP contribution in [0.2, 0.25) is 0 Å². The van der Waals surface area contributed by atoms with E-state index in [2.05, 4.69) is 51.5 Å². The van der Waals surface area contributed by atoms with Gasteiger partial charge in [-0.15, -0.1) is 0 Å². The van der Waals surface area contributed by atoms with Gasteiger partial charge in [-0.1, -0.05) is 46.3 Å². The zero-order valence-electron chi connectivity index (χ0n) is 8.44. The van der Waals surface area contributed by atoms with Crippen LogP contribution in [0.25, 0.3) is 0 Å². The molecule has 0 spiro atoms. The van der Waals surface area contributed by atoms with Crippen LogP contribution in [0, 0.1) is 0 Å². The van der Waals surface area contributed by atoms with Gasteiger partial charge in [-0.05, 0) is 17.5 Å². The predicted octanol–water partition coefficient (Wildman–Crippen LogP) is 2.87. The second kappa shape index (κ2) is 5.12. The zero-order chi connectivity index (χ0) is 10.5. The van der Waals surface area contributed by atoms with Crippen molar-refractivity contribution in [3.63, 3.8) is 0 Å². The maximum atomic E-state index is 4.33. The molecule has 1 aromatic carbocycles. The van der Waals surface area contributed by atoms with Gasteiger partial charge in [-0.2, -0.15) is 5.10 Å². The molecule has 3 heteroatoms. The van der Waals surface area contributed by atoms with Gasteiger partial charge >= 0.3 is 0 Å². The first-order chi connectivity index (χ1) is 7.38. The van der Waals surface area contributed by atoms with Crippen LogP contribution < -0.4 is 0 Å². The smallest absolute Gasteiger partial charge is 0.0659 e.